The zero-order valence-corrected chi connectivity index (χ0v) is 13.9. The van der Waals surface area contributed by atoms with Crippen LogP contribution >= 0.6 is 11.3 Å². The van der Waals surface area contributed by atoms with Gasteiger partial charge >= 0.3 is 0 Å². The van der Waals surface area contributed by atoms with Gasteiger partial charge in [0.05, 0.1) is 10.2 Å². The van der Waals surface area contributed by atoms with Crippen LogP contribution < -0.4 is 5.32 Å². The molecule has 3 rings (SSSR count). The molecule has 122 valence electrons. The molecule has 0 aliphatic heterocycles. The normalized spacial score (nSPS) is 16.8. The first-order valence-electron chi connectivity index (χ1n) is 7.27. The van der Waals surface area contributed by atoms with E-state index in [1.807, 2.05) is 24.3 Å². The quantitative estimate of drug-likeness (QED) is 0.651. The van der Waals surface area contributed by atoms with Gasteiger partial charge in [-0.05, 0) is 43.4 Å². The van der Waals surface area contributed by atoms with Crippen molar-refractivity contribution in [2.75, 3.05) is 5.32 Å². The molecule has 0 spiro atoms. The highest BCUT2D eigenvalue weighted by Gasteiger charge is 2.35. The van der Waals surface area contributed by atoms with E-state index in [1.165, 1.54) is 11.3 Å². The minimum absolute atomic E-state index is 0.321. The summed E-state index contributed by atoms with van der Waals surface area (Å²) in [5, 5.41) is 1.28. The third-order valence-electron chi connectivity index (χ3n) is 3.72. The SMILES string of the molecule is O=C(Nc1nc2ccccc2s1)C(C1=CCCCC1)S(=O)(=O)O. The van der Waals surface area contributed by atoms with Crippen LogP contribution in [-0.2, 0) is 14.9 Å². The number of carbonyl (C=O) groups is 1. The Kier molecular flexibility index (Phi) is 4.47. The van der Waals surface area contributed by atoms with E-state index >= 15 is 0 Å². The maximum atomic E-state index is 12.4. The van der Waals surface area contributed by atoms with Gasteiger partial charge in [0.2, 0.25) is 0 Å². The van der Waals surface area contributed by atoms with Gasteiger partial charge in [-0.3, -0.25) is 9.35 Å². The minimum Gasteiger partial charge on any atom is -0.300 e. The van der Waals surface area contributed by atoms with Gasteiger partial charge in [0.15, 0.2) is 10.4 Å². The molecule has 1 amide bonds. The highest BCUT2D eigenvalue weighted by Crippen LogP contribution is 2.28. The number of nitrogens with one attached hydrogen (secondary N) is 1. The summed E-state index contributed by atoms with van der Waals surface area (Å²) < 4.78 is 33.7. The number of allylic oxidation sites excluding steroid dienone is 1. The van der Waals surface area contributed by atoms with Crippen LogP contribution in [0.1, 0.15) is 25.7 Å². The second kappa shape index (κ2) is 6.38. The van der Waals surface area contributed by atoms with Gasteiger partial charge in [-0.1, -0.05) is 29.5 Å². The molecule has 1 heterocycles. The topological polar surface area (TPSA) is 96.4 Å². The van der Waals surface area contributed by atoms with E-state index < -0.39 is 21.3 Å². The fourth-order valence-corrected chi connectivity index (χ4v) is 4.49. The average molecular weight is 352 g/mol. The van der Waals surface area contributed by atoms with E-state index in [4.69, 9.17) is 0 Å². The first kappa shape index (κ1) is 16.1. The number of rotatable bonds is 4. The third kappa shape index (κ3) is 3.60. The smallest absolute Gasteiger partial charge is 0.280 e. The number of thiazole rings is 1. The maximum Gasteiger partial charge on any atom is 0.280 e. The predicted molar refractivity (Wildman–Crippen MR) is 90.1 cm³/mol. The summed E-state index contributed by atoms with van der Waals surface area (Å²) in [5.74, 6) is -0.764. The highest BCUT2D eigenvalue weighted by molar-refractivity contribution is 7.87. The lowest BCUT2D eigenvalue weighted by Gasteiger charge is -2.19. The Morgan fingerprint density at radius 3 is 2.74 bits per heavy atom. The molecule has 2 N–H and O–H groups in total. The molecular weight excluding hydrogens is 336 g/mol. The number of benzene rings is 1. The van der Waals surface area contributed by atoms with Crippen molar-refractivity contribution in [3.05, 3.63) is 35.9 Å². The molecule has 1 atom stereocenters. The van der Waals surface area contributed by atoms with E-state index in [0.717, 1.165) is 29.5 Å². The molecule has 0 radical (unpaired) electrons. The Labute approximate surface area is 138 Å². The minimum atomic E-state index is -4.52. The zero-order chi connectivity index (χ0) is 16.4. The number of fused-ring (bicyclic) bond motifs is 1. The van der Waals surface area contributed by atoms with Crippen molar-refractivity contribution >= 4 is 42.7 Å². The molecule has 8 heteroatoms. The Morgan fingerprint density at radius 2 is 2.09 bits per heavy atom. The van der Waals surface area contributed by atoms with Crippen molar-refractivity contribution < 1.29 is 17.8 Å². The number of amides is 1. The lowest BCUT2D eigenvalue weighted by atomic mass is 9.96. The molecule has 1 aromatic carbocycles. The summed E-state index contributed by atoms with van der Waals surface area (Å²) in [6.45, 7) is 0. The van der Waals surface area contributed by atoms with Crippen LogP contribution in [0.3, 0.4) is 0 Å². The van der Waals surface area contributed by atoms with E-state index in [9.17, 15) is 17.8 Å². The van der Waals surface area contributed by atoms with E-state index in [2.05, 4.69) is 10.3 Å². The molecule has 0 saturated heterocycles. The van der Waals surface area contributed by atoms with Crippen LogP contribution in [0.25, 0.3) is 10.2 Å². The molecular formula is C15H16N2O4S2. The zero-order valence-electron chi connectivity index (χ0n) is 12.2. The molecule has 23 heavy (non-hydrogen) atoms. The predicted octanol–water partition coefficient (Wildman–Crippen LogP) is 2.99. The van der Waals surface area contributed by atoms with Crippen LogP contribution in [-0.4, -0.2) is 29.1 Å². The Hall–Kier alpha value is -1.77. The van der Waals surface area contributed by atoms with E-state index in [-0.39, 0.29) is 0 Å². The largest absolute Gasteiger partial charge is 0.300 e. The van der Waals surface area contributed by atoms with Gasteiger partial charge < -0.3 is 5.32 Å². The molecule has 2 aromatic rings. The van der Waals surface area contributed by atoms with Crippen LogP contribution in [0, 0.1) is 0 Å². The van der Waals surface area contributed by atoms with Crippen molar-refractivity contribution in [1.29, 1.82) is 0 Å². The third-order valence-corrected chi connectivity index (χ3v) is 5.79. The lowest BCUT2D eigenvalue weighted by molar-refractivity contribution is -0.115. The molecule has 1 unspecified atom stereocenters. The molecule has 0 fully saturated rings. The number of nitrogens with zero attached hydrogens (tertiary/aromatic N) is 1. The Morgan fingerprint density at radius 1 is 1.30 bits per heavy atom. The number of hydrogen-bond donors (Lipinski definition) is 2. The summed E-state index contributed by atoms with van der Waals surface area (Å²) in [6, 6.07) is 7.37. The second-order valence-electron chi connectivity index (χ2n) is 5.40. The van der Waals surface area contributed by atoms with Crippen molar-refractivity contribution in [2.24, 2.45) is 0 Å². The standard InChI is InChI=1S/C15H16N2O4S2/c18-14(13(23(19,20)21)10-6-2-1-3-7-10)17-15-16-11-8-4-5-9-12(11)22-15/h4-6,8-9,13H,1-3,7H2,(H,16,17,18)(H,19,20,21). The van der Waals surface area contributed by atoms with Crippen LogP contribution in [0.4, 0.5) is 5.13 Å². The fraction of sp³-hybridized carbons (Fsp3) is 0.333. The monoisotopic (exact) mass is 352 g/mol. The number of hydrogen-bond acceptors (Lipinski definition) is 5. The lowest BCUT2D eigenvalue weighted by Crippen LogP contribution is -2.37. The number of anilines is 1. The number of aromatic nitrogens is 1. The van der Waals surface area contributed by atoms with Crippen molar-refractivity contribution in [2.45, 2.75) is 30.9 Å². The van der Waals surface area contributed by atoms with Crippen molar-refractivity contribution in [1.82, 2.24) is 4.98 Å². The Bertz CT molecular complexity index is 837. The molecule has 1 aliphatic rings. The van der Waals surface area contributed by atoms with E-state index in [1.54, 1.807) is 6.08 Å². The number of carbonyl (C=O) groups excluding carboxylic acids is 1. The summed E-state index contributed by atoms with van der Waals surface area (Å²) in [5.41, 5.74) is 1.19. The van der Waals surface area contributed by atoms with Crippen molar-refractivity contribution in [3.8, 4) is 0 Å². The highest BCUT2D eigenvalue weighted by atomic mass is 32.2. The molecule has 0 saturated carbocycles. The maximum absolute atomic E-state index is 12.4. The van der Waals surface area contributed by atoms with Gasteiger partial charge in [0, 0.05) is 0 Å². The van der Waals surface area contributed by atoms with Gasteiger partial charge in [-0.25, -0.2) is 4.98 Å². The number of para-hydroxylation sites is 1. The van der Waals surface area contributed by atoms with Crippen molar-refractivity contribution in [3.63, 3.8) is 0 Å². The first-order chi connectivity index (χ1) is 10.9. The van der Waals surface area contributed by atoms with Gasteiger partial charge in [-0.2, -0.15) is 8.42 Å². The second-order valence-corrected chi connectivity index (χ2v) is 7.93. The molecule has 6 nitrogen and oxygen atoms in total. The van der Waals surface area contributed by atoms with Crippen LogP contribution in [0.15, 0.2) is 35.9 Å². The Balaban J connectivity index is 1.87. The summed E-state index contributed by atoms with van der Waals surface area (Å²) >= 11 is 1.26. The van der Waals surface area contributed by atoms with Gasteiger partial charge in [0.25, 0.3) is 16.0 Å². The summed E-state index contributed by atoms with van der Waals surface area (Å²) in [7, 11) is -4.52. The van der Waals surface area contributed by atoms with Crippen LogP contribution in [0.5, 0.6) is 0 Å². The van der Waals surface area contributed by atoms with Gasteiger partial charge in [0.1, 0.15) is 0 Å². The summed E-state index contributed by atoms with van der Waals surface area (Å²) in [6.07, 6.45) is 4.72. The fourth-order valence-electron chi connectivity index (χ4n) is 2.69. The van der Waals surface area contributed by atoms with Crippen LogP contribution in [0.2, 0.25) is 0 Å². The van der Waals surface area contributed by atoms with E-state index in [0.29, 0.717) is 17.1 Å². The molecule has 0 bridgehead atoms. The summed E-state index contributed by atoms with van der Waals surface area (Å²) in [4.78, 5) is 16.7. The molecule has 1 aromatic heterocycles. The first-order valence-corrected chi connectivity index (χ1v) is 9.59. The average Bonchev–Trinajstić information content (AvgIpc) is 2.89. The molecule has 1 aliphatic carbocycles. The van der Waals surface area contributed by atoms with Gasteiger partial charge in [-0.15, -0.1) is 0 Å².